The fourth-order valence-corrected chi connectivity index (χ4v) is 1.56. The molecule has 0 heterocycles. The maximum atomic E-state index is 13.3. The molecular formula is C12H14F4N2O. The Bertz CT molecular complexity index is 448. The van der Waals surface area contributed by atoms with E-state index in [4.69, 9.17) is 0 Å². The van der Waals surface area contributed by atoms with Crippen LogP contribution in [-0.4, -0.2) is 18.8 Å². The second-order valence-corrected chi connectivity index (χ2v) is 4.20. The summed E-state index contributed by atoms with van der Waals surface area (Å²) in [4.78, 5) is 11.1. The van der Waals surface area contributed by atoms with Crippen molar-refractivity contribution in [3.63, 3.8) is 0 Å². The van der Waals surface area contributed by atoms with Crippen molar-refractivity contribution in [2.45, 2.75) is 26.6 Å². The molecule has 2 N–H and O–H groups in total. The minimum atomic E-state index is -4.44. The summed E-state index contributed by atoms with van der Waals surface area (Å²) in [6, 6.07) is 2.15. The molecule has 1 aromatic carbocycles. The first-order chi connectivity index (χ1) is 8.69. The number of alkyl halides is 3. The van der Waals surface area contributed by atoms with Gasteiger partial charge in [0.1, 0.15) is 12.4 Å². The molecule has 1 aromatic rings. The van der Waals surface area contributed by atoms with Crippen LogP contribution in [0, 0.1) is 19.7 Å². The van der Waals surface area contributed by atoms with Crippen molar-refractivity contribution in [1.82, 2.24) is 10.6 Å². The minimum absolute atomic E-state index is 0.0334. The molecule has 0 radical (unpaired) electrons. The van der Waals surface area contributed by atoms with Crippen molar-refractivity contribution in [3.05, 3.63) is 34.6 Å². The molecule has 19 heavy (non-hydrogen) atoms. The van der Waals surface area contributed by atoms with E-state index in [1.54, 1.807) is 19.2 Å². The Morgan fingerprint density at radius 2 is 1.68 bits per heavy atom. The highest BCUT2D eigenvalue weighted by molar-refractivity contribution is 5.73. The summed E-state index contributed by atoms with van der Waals surface area (Å²) >= 11 is 0. The summed E-state index contributed by atoms with van der Waals surface area (Å²) in [6.07, 6.45) is -4.44. The van der Waals surface area contributed by atoms with Crippen LogP contribution in [0.3, 0.4) is 0 Å². The van der Waals surface area contributed by atoms with Gasteiger partial charge in [0.25, 0.3) is 0 Å². The molecule has 3 nitrogen and oxygen atoms in total. The molecule has 0 unspecified atom stereocenters. The molecule has 1 rings (SSSR count). The average Bonchev–Trinajstić information content (AvgIpc) is 2.29. The molecule has 106 valence electrons. The number of urea groups is 1. The standard InChI is InChI=1S/C12H14F4N2O/c1-7-3-9(4-8(2)10(7)13)5-17-11(19)18-6-12(14,15)16/h3-4H,5-6H2,1-2H3,(H2,17,18,19). The normalized spacial score (nSPS) is 11.3. The van der Waals surface area contributed by atoms with E-state index in [2.05, 4.69) is 5.32 Å². The third kappa shape index (κ3) is 5.15. The molecule has 0 aliphatic heterocycles. The van der Waals surface area contributed by atoms with E-state index >= 15 is 0 Å². The summed E-state index contributed by atoms with van der Waals surface area (Å²) < 4.78 is 48.9. The number of benzene rings is 1. The predicted molar refractivity (Wildman–Crippen MR) is 62.2 cm³/mol. The number of nitrogens with one attached hydrogen (secondary N) is 2. The highest BCUT2D eigenvalue weighted by Crippen LogP contribution is 2.14. The van der Waals surface area contributed by atoms with Gasteiger partial charge in [-0.05, 0) is 30.5 Å². The maximum absolute atomic E-state index is 13.3. The topological polar surface area (TPSA) is 41.1 Å². The molecule has 0 fully saturated rings. The summed E-state index contributed by atoms with van der Waals surface area (Å²) in [5.41, 5.74) is 1.47. The molecule has 0 saturated carbocycles. The second-order valence-electron chi connectivity index (χ2n) is 4.20. The van der Waals surface area contributed by atoms with E-state index in [0.717, 1.165) is 0 Å². The number of rotatable bonds is 3. The first-order valence-corrected chi connectivity index (χ1v) is 5.53. The molecule has 0 aliphatic carbocycles. The summed E-state index contributed by atoms with van der Waals surface area (Å²) in [7, 11) is 0. The van der Waals surface area contributed by atoms with Crippen molar-refractivity contribution in [2.24, 2.45) is 0 Å². The first kappa shape index (κ1) is 15.3. The van der Waals surface area contributed by atoms with Crippen molar-refractivity contribution in [2.75, 3.05) is 6.54 Å². The van der Waals surface area contributed by atoms with Crippen LogP contribution in [0.4, 0.5) is 22.4 Å². The molecular weight excluding hydrogens is 264 g/mol. The van der Waals surface area contributed by atoms with Crippen LogP contribution in [0.25, 0.3) is 0 Å². The van der Waals surface area contributed by atoms with E-state index in [0.29, 0.717) is 16.7 Å². The summed E-state index contributed by atoms with van der Waals surface area (Å²) in [5.74, 6) is -0.328. The first-order valence-electron chi connectivity index (χ1n) is 5.53. The maximum Gasteiger partial charge on any atom is 0.405 e. The van der Waals surface area contributed by atoms with Gasteiger partial charge >= 0.3 is 12.2 Å². The smallest absolute Gasteiger partial charge is 0.334 e. The number of hydrogen-bond acceptors (Lipinski definition) is 1. The van der Waals surface area contributed by atoms with Crippen LogP contribution in [0.2, 0.25) is 0 Å². The largest absolute Gasteiger partial charge is 0.405 e. The van der Waals surface area contributed by atoms with E-state index in [1.165, 1.54) is 12.1 Å². The lowest BCUT2D eigenvalue weighted by molar-refractivity contribution is -0.122. The number of hydrogen-bond donors (Lipinski definition) is 2. The Labute approximate surface area is 108 Å². The summed E-state index contributed by atoms with van der Waals surface area (Å²) in [5, 5.41) is 3.96. The van der Waals surface area contributed by atoms with Crippen LogP contribution in [-0.2, 0) is 6.54 Å². The molecule has 0 saturated heterocycles. The SMILES string of the molecule is Cc1cc(CNC(=O)NCC(F)(F)F)cc(C)c1F. The number of carbonyl (C=O) groups is 1. The van der Waals surface area contributed by atoms with Gasteiger partial charge in [-0.1, -0.05) is 12.1 Å². The predicted octanol–water partition coefficient (Wildman–Crippen LogP) is 2.80. The molecule has 0 spiro atoms. The molecule has 0 bridgehead atoms. The Morgan fingerprint density at radius 3 is 2.16 bits per heavy atom. The molecule has 7 heteroatoms. The third-order valence-corrected chi connectivity index (χ3v) is 2.40. The highest BCUT2D eigenvalue weighted by atomic mass is 19.4. The van der Waals surface area contributed by atoms with Crippen LogP contribution in [0.15, 0.2) is 12.1 Å². The van der Waals surface area contributed by atoms with Crippen LogP contribution < -0.4 is 10.6 Å². The quantitative estimate of drug-likeness (QED) is 0.820. The fraction of sp³-hybridized carbons (Fsp3) is 0.417. The van der Waals surface area contributed by atoms with E-state index in [9.17, 15) is 22.4 Å². The van der Waals surface area contributed by atoms with Gasteiger partial charge in [0.15, 0.2) is 0 Å². The van der Waals surface area contributed by atoms with Gasteiger partial charge in [-0.2, -0.15) is 13.2 Å². The van der Waals surface area contributed by atoms with Crippen LogP contribution in [0.1, 0.15) is 16.7 Å². The van der Waals surface area contributed by atoms with E-state index < -0.39 is 18.8 Å². The zero-order chi connectivity index (χ0) is 14.6. The fourth-order valence-electron chi connectivity index (χ4n) is 1.56. The molecule has 0 atom stereocenters. The Hall–Kier alpha value is -1.79. The van der Waals surface area contributed by atoms with Crippen molar-refractivity contribution in [1.29, 1.82) is 0 Å². The average molecular weight is 278 g/mol. The van der Waals surface area contributed by atoms with Crippen molar-refractivity contribution < 1.29 is 22.4 Å². The molecule has 0 aromatic heterocycles. The lowest BCUT2D eigenvalue weighted by atomic mass is 10.1. The van der Waals surface area contributed by atoms with Gasteiger partial charge < -0.3 is 10.6 Å². The number of carbonyl (C=O) groups excluding carboxylic acids is 1. The number of halogens is 4. The van der Waals surface area contributed by atoms with E-state index in [-0.39, 0.29) is 12.4 Å². The van der Waals surface area contributed by atoms with Gasteiger partial charge in [0.2, 0.25) is 0 Å². The zero-order valence-corrected chi connectivity index (χ0v) is 10.5. The van der Waals surface area contributed by atoms with Crippen molar-refractivity contribution in [3.8, 4) is 0 Å². The second kappa shape index (κ2) is 5.90. The Morgan fingerprint density at radius 1 is 1.16 bits per heavy atom. The van der Waals surface area contributed by atoms with Gasteiger partial charge in [-0.15, -0.1) is 0 Å². The molecule has 0 aliphatic rings. The summed E-state index contributed by atoms with van der Waals surface area (Å²) in [6.45, 7) is 1.80. The van der Waals surface area contributed by atoms with Gasteiger partial charge in [0, 0.05) is 6.54 Å². The van der Waals surface area contributed by atoms with Crippen LogP contribution in [0.5, 0.6) is 0 Å². The highest BCUT2D eigenvalue weighted by Gasteiger charge is 2.27. The lowest BCUT2D eigenvalue weighted by Crippen LogP contribution is -2.40. The van der Waals surface area contributed by atoms with Gasteiger partial charge in [0.05, 0.1) is 0 Å². The van der Waals surface area contributed by atoms with Gasteiger partial charge in [-0.25, -0.2) is 9.18 Å². The lowest BCUT2D eigenvalue weighted by Gasteiger charge is -2.11. The number of aryl methyl sites for hydroxylation is 2. The van der Waals surface area contributed by atoms with E-state index in [1.807, 2.05) is 0 Å². The van der Waals surface area contributed by atoms with Crippen LogP contribution >= 0.6 is 0 Å². The zero-order valence-electron chi connectivity index (χ0n) is 10.5. The molecule has 2 amide bonds. The monoisotopic (exact) mass is 278 g/mol. The Balaban J connectivity index is 2.51. The van der Waals surface area contributed by atoms with Crippen molar-refractivity contribution >= 4 is 6.03 Å². The van der Waals surface area contributed by atoms with Gasteiger partial charge in [-0.3, -0.25) is 0 Å². The Kier molecular flexibility index (Phi) is 4.74. The minimum Gasteiger partial charge on any atom is -0.334 e. The third-order valence-electron chi connectivity index (χ3n) is 2.40. The number of amides is 2.